The molecule has 0 bridgehead atoms. The maximum atomic E-state index is 12.0. The van der Waals surface area contributed by atoms with Crippen LogP contribution in [-0.4, -0.2) is 21.0 Å². The first-order chi connectivity index (χ1) is 8.11. The average Bonchev–Trinajstić information content (AvgIpc) is 2.73. The number of Topliss-reactive ketones (excluding diaryl/α,β-unsaturated/α-hetero) is 2. The molecule has 0 aromatic carbocycles. The van der Waals surface area contributed by atoms with Crippen LogP contribution in [0.5, 0.6) is 0 Å². The largest absolute Gasteiger partial charge is 0.296 e. The maximum Gasteiger partial charge on any atom is 0.252 e. The van der Waals surface area contributed by atoms with Gasteiger partial charge in [0.15, 0.2) is 0 Å². The van der Waals surface area contributed by atoms with Crippen molar-refractivity contribution in [2.45, 2.75) is 6.92 Å². The molecule has 0 spiro atoms. The Labute approximate surface area is 105 Å². The number of rotatable bonds is 0. The lowest BCUT2D eigenvalue weighted by atomic mass is 9.98. The standard InChI is InChI=1S/C12H7BrN2O2/c1-6-8(13)9-10(12(17)11(6)16)15-5-3-2-4-7(15)14-9/h2-5H,1H3. The number of halogens is 1. The minimum absolute atomic E-state index is 0.336. The molecule has 3 rings (SSSR count). The van der Waals surface area contributed by atoms with Crippen molar-refractivity contribution < 1.29 is 9.59 Å². The SMILES string of the molecule is CC1=C(Br)c2nc3ccccn3c2C(=O)C1=O. The van der Waals surface area contributed by atoms with Gasteiger partial charge in [0.2, 0.25) is 5.78 Å². The number of aromatic nitrogens is 2. The number of carbonyl (C=O) groups excluding carboxylic acids is 2. The second kappa shape index (κ2) is 3.37. The minimum atomic E-state index is -0.501. The smallest absolute Gasteiger partial charge is 0.252 e. The van der Waals surface area contributed by atoms with Gasteiger partial charge in [0.05, 0.1) is 4.48 Å². The Hall–Kier alpha value is -1.75. The van der Waals surface area contributed by atoms with Gasteiger partial charge in [-0.2, -0.15) is 0 Å². The van der Waals surface area contributed by atoms with Gasteiger partial charge in [-0.15, -0.1) is 0 Å². The van der Waals surface area contributed by atoms with Crippen LogP contribution in [0.25, 0.3) is 10.1 Å². The fourth-order valence-electron chi connectivity index (χ4n) is 1.92. The Kier molecular flexibility index (Phi) is 2.06. The highest BCUT2D eigenvalue weighted by Crippen LogP contribution is 2.33. The zero-order valence-corrected chi connectivity index (χ0v) is 10.5. The first-order valence-corrected chi connectivity index (χ1v) is 5.83. The van der Waals surface area contributed by atoms with Crippen molar-refractivity contribution >= 4 is 37.6 Å². The summed E-state index contributed by atoms with van der Waals surface area (Å²) in [7, 11) is 0. The lowest BCUT2D eigenvalue weighted by Gasteiger charge is -2.10. The van der Waals surface area contributed by atoms with Gasteiger partial charge in [-0.1, -0.05) is 6.07 Å². The number of fused-ring (bicyclic) bond motifs is 3. The molecular formula is C12H7BrN2O2. The number of allylic oxidation sites excluding steroid dienone is 1. The lowest BCUT2D eigenvalue weighted by molar-refractivity contribution is -0.111. The van der Waals surface area contributed by atoms with E-state index in [0.717, 1.165) is 0 Å². The first kappa shape index (κ1) is 10.4. The van der Waals surface area contributed by atoms with Crippen LogP contribution in [0.3, 0.4) is 0 Å². The van der Waals surface area contributed by atoms with E-state index in [9.17, 15) is 9.59 Å². The molecule has 0 fully saturated rings. The summed E-state index contributed by atoms with van der Waals surface area (Å²) in [5, 5.41) is 0. The van der Waals surface area contributed by atoms with Crippen molar-refractivity contribution in [1.29, 1.82) is 0 Å². The Morgan fingerprint density at radius 1 is 1.24 bits per heavy atom. The van der Waals surface area contributed by atoms with Crippen LogP contribution in [0.1, 0.15) is 23.1 Å². The summed E-state index contributed by atoms with van der Waals surface area (Å²) >= 11 is 3.33. The predicted octanol–water partition coefficient (Wildman–Crippen LogP) is 2.23. The fourth-order valence-corrected chi connectivity index (χ4v) is 2.38. The van der Waals surface area contributed by atoms with E-state index in [1.807, 2.05) is 6.07 Å². The zero-order valence-electron chi connectivity index (χ0n) is 8.90. The molecule has 0 saturated carbocycles. The van der Waals surface area contributed by atoms with Gasteiger partial charge in [-0.25, -0.2) is 4.98 Å². The third-order valence-electron chi connectivity index (χ3n) is 2.83. The van der Waals surface area contributed by atoms with Crippen LogP contribution in [0.4, 0.5) is 0 Å². The molecule has 1 aliphatic rings. The number of nitrogens with zero attached hydrogens (tertiary/aromatic N) is 2. The van der Waals surface area contributed by atoms with E-state index in [-0.39, 0.29) is 0 Å². The van der Waals surface area contributed by atoms with E-state index < -0.39 is 11.6 Å². The van der Waals surface area contributed by atoms with E-state index >= 15 is 0 Å². The molecule has 5 heteroatoms. The van der Waals surface area contributed by atoms with Gasteiger partial charge in [0, 0.05) is 11.8 Å². The predicted molar refractivity (Wildman–Crippen MR) is 66.1 cm³/mol. The Morgan fingerprint density at radius 2 is 2.00 bits per heavy atom. The number of ketones is 2. The molecule has 1 aliphatic carbocycles. The molecule has 0 atom stereocenters. The van der Waals surface area contributed by atoms with E-state index in [4.69, 9.17) is 0 Å². The molecule has 2 aromatic heterocycles. The fraction of sp³-hybridized carbons (Fsp3) is 0.0833. The van der Waals surface area contributed by atoms with Crippen molar-refractivity contribution in [2.24, 2.45) is 0 Å². The molecule has 0 radical (unpaired) electrons. The Bertz CT molecular complexity index is 712. The Morgan fingerprint density at radius 3 is 2.76 bits per heavy atom. The average molecular weight is 291 g/mol. The minimum Gasteiger partial charge on any atom is -0.296 e. The summed E-state index contributed by atoms with van der Waals surface area (Å²) in [4.78, 5) is 28.1. The topological polar surface area (TPSA) is 51.4 Å². The van der Waals surface area contributed by atoms with E-state index in [0.29, 0.717) is 27.1 Å². The number of imidazole rings is 1. The monoisotopic (exact) mass is 290 g/mol. The highest BCUT2D eigenvalue weighted by Gasteiger charge is 2.33. The summed E-state index contributed by atoms with van der Waals surface area (Å²) < 4.78 is 2.24. The number of hydrogen-bond acceptors (Lipinski definition) is 3. The maximum absolute atomic E-state index is 12.0. The summed E-state index contributed by atoms with van der Waals surface area (Å²) in [5.41, 5.74) is 1.94. The summed E-state index contributed by atoms with van der Waals surface area (Å²) in [6, 6.07) is 5.43. The third-order valence-corrected chi connectivity index (χ3v) is 3.80. The van der Waals surface area contributed by atoms with Crippen molar-refractivity contribution in [1.82, 2.24) is 9.38 Å². The zero-order chi connectivity index (χ0) is 12.2. The molecule has 0 unspecified atom stereocenters. The molecule has 17 heavy (non-hydrogen) atoms. The third kappa shape index (κ3) is 1.26. The molecule has 84 valence electrons. The quantitative estimate of drug-likeness (QED) is 0.699. The van der Waals surface area contributed by atoms with Crippen LogP contribution < -0.4 is 0 Å². The highest BCUT2D eigenvalue weighted by molar-refractivity contribution is 9.15. The summed E-state index contributed by atoms with van der Waals surface area (Å²) in [6.45, 7) is 1.62. The van der Waals surface area contributed by atoms with Crippen molar-refractivity contribution in [3.63, 3.8) is 0 Å². The normalized spacial score (nSPS) is 15.6. The van der Waals surface area contributed by atoms with Crippen LogP contribution in [0.2, 0.25) is 0 Å². The van der Waals surface area contributed by atoms with E-state index in [2.05, 4.69) is 20.9 Å². The van der Waals surface area contributed by atoms with Gasteiger partial charge < -0.3 is 0 Å². The summed E-state index contributed by atoms with van der Waals surface area (Å²) in [6.07, 6.45) is 1.73. The van der Waals surface area contributed by atoms with Crippen molar-refractivity contribution in [2.75, 3.05) is 0 Å². The Balaban J connectivity index is 2.48. The molecule has 2 aromatic rings. The molecule has 2 heterocycles. The van der Waals surface area contributed by atoms with Crippen LogP contribution in [-0.2, 0) is 4.79 Å². The molecular weight excluding hydrogens is 284 g/mol. The van der Waals surface area contributed by atoms with Crippen LogP contribution in [0.15, 0.2) is 30.0 Å². The highest BCUT2D eigenvalue weighted by atomic mass is 79.9. The molecule has 0 N–H and O–H groups in total. The van der Waals surface area contributed by atoms with E-state index in [1.165, 1.54) is 0 Å². The first-order valence-electron chi connectivity index (χ1n) is 5.04. The second-order valence-corrected chi connectivity index (χ2v) is 4.63. The van der Waals surface area contributed by atoms with Gasteiger partial charge >= 0.3 is 0 Å². The van der Waals surface area contributed by atoms with Crippen LogP contribution >= 0.6 is 15.9 Å². The van der Waals surface area contributed by atoms with Crippen LogP contribution in [0, 0.1) is 0 Å². The van der Waals surface area contributed by atoms with Gasteiger partial charge in [-0.05, 0) is 35.0 Å². The second-order valence-electron chi connectivity index (χ2n) is 3.84. The van der Waals surface area contributed by atoms with Gasteiger partial charge in [-0.3, -0.25) is 14.0 Å². The molecule has 0 saturated heterocycles. The molecule has 0 aliphatic heterocycles. The summed E-state index contributed by atoms with van der Waals surface area (Å²) in [5.74, 6) is -0.977. The number of hydrogen-bond donors (Lipinski definition) is 0. The molecule has 4 nitrogen and oxygen atoms in total. The van der Waals surface area contributed by atoms with Gasteiger partial charge in [0.25, 0.3) is 5.78 Å². The van der Waals surface area contributed by atoms with Gasteiger partial charge in [0.1, 0.15) is 17.0 Å². The number of carbonyl (C=O) groups is 2. The lowest BCUT2D eigenvalue weighted by Crippen LogP contribution is -2.22. The number of pyridine rings is 1. The van der Waals surface area contributed by atoms with Crippen molar-refractivity contribution in [3.05, 3.63) is 41.4 Å². The van der Waals surface area contributed by atoms with E-state index in [1.54, 1.807) is 29.7 Å². The molecule has 0 amide bonds. The van der Waals surface area contributed by atoms with Crippen molar-refractivity contribution in [3.8, 4) is 0 Å².